The van der Waals surface area contributed by atoms with Crippen molar-refractivity contribution in [1.82, 2.24) is 14.9 Å². The maximum absolute atomic E-state index is 13.0. The van der Waals surface area contributed by atoms with Crippen LogP contribution >= 0.6 is 0 Å². The van der Waals surface area contributed by atoms with Crippen molar-refractivity contribution in [2.24, 2.45) is 0 Å². The second-order valence-electron chi connectivity index (χ2n) is 7.11. The molecular weight excluding hydrogens is 378 g/mol. The summed E-state index contributed by atoms with van der Waals surface area (Å²) < 4.78 is 0. The Morgan fingerprint density at radius 1 is 0.967 bits per heavy atom. The van der Waals surface area contributed by atoms with E-state index < -0.39 is 5.91 Å². The Hall–Kier alpha value is -3.58. The number of hydrogen-bond acceptors (Lipinski definition) is 6. The van der Waals surface area contributed by atoms with Crippen LogP contribution in [0.4, 0.5) is 11.5 Å². The van der Waals surface area contributed by atoms with Crippen LogP contribution in [0.3, 0.4) is 0 Å². The molecule has 0 bridgehead atoms. The summed E-state index contributed by atoms with van der Waals surface area (Å²) in [5.74, 6) is 0.495. The quantitative estimate of drug-likeness (QED) is 0.559. The second-order valence-corrected chi connectivity index (χ2v) is 7.11. The number of carbonyl (C=O) groups is 2. The number of nitrogens with one attached hydrogen (secondary N) is 2. The maximum Gasteiger partial charge on any atom is 0.274 e. The third kappa shape index (κ3) is 5.48. The summed E-state index contributed by atoms with van der Waals surface area (Å²) in [6.45, 7) is 2.96. The Morgan fingerprint density at radius 3 is 2.37 bits per heavy atom. The van der Waals surface area contributed by atoms with Gasteiger partial charge in [-0.05, 0) is 33.2 Å². The number of nitrogens with zero attached hydrogens (tertiary/aromatic N) is 3. The predicted octanol–water partition coefficient (Wildman–Crippen LogP) is 3.57. The highest BCUT2D eigenvalue weighted by Gasteiger charge is 2.16. The van der Waals surface area contributed by atoms with Crippen molar-refractivity contribution < 1.29 is 9.59 Å². The van der Waals surface area contributed by atoms with E-state index in [1.54, 1.807) is 30.3 Å². The van der Waals surface area contributed by atoms with Gasteiger partial charge in [-0.25, -0.2) is 9.97 Å². The van der Waals surface area contributed by atoms with Gasteiger partial charge in [-0.3, -0.25) is 9.59 Å². The van der Waals surface area contributed by atoms with Crippen LogP contribution in [0.1, 0.15) is 27.8 Å². The number of ketones is 1. The summed E-state index contributed by atoms with van der Waals surface area (Å²) in [4.78, 5) is 35.9. The molecule has 30 heavy (non-hydrogen) atoms. The molecule has 154 valence electrons. The van der Waals surface area contributed by atoms with Gasteiger partial charge in [0, 0.05) is 30.3 Å². The smallest absolute Gasteiger partial charge is 0.274 e. The van der Waals surface area contributed by atoms with Crippen LogP contribution in [0.15, 0.2) is 60.7 Å². The largest absolute Gasteiger partial charge is 0.369 e. The van der Waals surface area contributed by atoms with E-state index >= 15 is 0 Å². The van der Waals surface area contributed by atoms with E-state index in [2.05, 4.69) is 25.5 Å². The SMILES string of the molecule is CC(=O)c1ccccc1NC(=O)c1cc(NCCN(C)C)nc(-c2ccccc2)n1. The number of rotatable bonds is 8. The first-order valence-corrected chi connectivity index (χ1v) is 9.68. The number of para-hydroxylation sites is 1. The fourth-order valence-electron chi connectivity index (χ4n) is 2.86. The summed E-state index contributed by atoms with van der Waals surface area (Å²) in [5.41, 5.74) is 1.94. The highest BCUT2D eigenvalue weighted by molar-refractivity contribution is 6.08. The Bertz CT molecular complexity index is 1030. The molecular formula is C23H25N5O2. The van der Waals surface area contributed by atoms with Crippen LogP contribution in [0.5, 0.6) is 0 Å². The van der Waals surface area contributed by atoms with Gasteiger partial charge in [0.1, 0.15) is 11.5 Å². The summed E-state index contributed by atoms with van der Waals surface area (Å²) in [5, 5.41) is 6.05. The van der Waals surface area contributed by atoms with Crippen molar-refractivity contribution in [2.75, 3.05) is 37.8 Å². The Morgan fingerprint density at radius 2 is 1.67 bits per heavy atom. The number of benzene rings is 2. The molecule has 1 amide bonds. The topological polar surface area (TPSA) is 87.2 Å². The van der Waals surface area contributed by atoms with Crippen molar-refractivity contribution in [3.63, 3.8) is 0 Å². The third-order valence-corrected chi connectivity index (χ3v) is 4.41. The summed E-state index contributed by atoms with van der Waals surface area (Å²) in [7, 11) is 3.98. The van der Waals surface area contributed by atoms with Crippen LogP contribution in [0.2, 0.25) is 0 Å². The summed E-state index contributed by atoms with van der Waals surface area (Å²) in [6.07, 6.45) is 0. The van der Waals surface area contributed by atoms with E-state index in [4.69, 9.17) is 0 Å². The van der Waals surface area contributed by atoms with Crippen molar-refractivity contribution >= 4 is 23.2 Å². The standard InChI is InChI=1S/C23H25N5O2/c1-16(29)18-11-7-8-12-19(18)26-23(30)20-15-21(24-13-14-28(2)3)27-22(25-20)17-9-5-4-6-10-17/h4-12,15H,13-14H2,1-3H3,(H,26,30)(H,24,25,27). The molecule has 0 unspecified atom stereocenters. The minimum atomic E-state index is -0.404. The van der Waals surface area contributed by atoms with Gasteiger partial charge in [0.05, 0.1) is 5.69 Å². The van der Waals surface area contributed by atoms with Crippen molar-refractivity contribution in [2.45, 2.75) is 6.92 Å². The maximum atomic E-state index is 13.0. The van der Waals surface area contributed by atoms with Crippen LogP contribution < -0.4 is 10.6 Å². The monoisotopic (exact) mass is 403 g/mol. The normalized spacial score (nSPS) is 10.7. The van der Waals surface area contributed by atoms with Gasteiger partial charge in [-0.15, -0.1) is 0 Å². The average molecular weight is 403 g/mol. The first-order valence-electron chi connectivity index (χ1n) is 9.68. The van der Waals surface area contributed by atoms with Gasteiger partial charge in [-0.1, -0.05) is 42.5 Å². The lowest BCUT2D eigenvalue weighted by molar-refractivity contribution is 0.101. The minimum absolute atomic E-state index is 0.121. The molecule has 1 aromatic heterocycles. The van der Waals surface area contributed by atoms with Gasteiger partial charge in [0.2, 0.25) is 0 Å². The molecule has 0 aliphatic carbocycles. The van der Waals surface area contributed by atoms with Gasteiger partial charge >= 0.3 is 0 Å². The second kappa shape index (κ2) is 9.76. The van der Waals surface area contributed by atoms with Crippen LogP contribution in [0, 0.1) is 0 Å². The number of likely N-dealkylation sites (N-methyl/N-ethyl adjacent to an activating group) is 1. The summed E-state index contributed by atoms with van der Waals surface area (Å²) >= 11 is 0. The van der Waals surface area contributed by atoms with Gasteiger partial charge in [0.15, 0.2) is 11.6 Å². The fraction of sp³-hybridized carbons (Fsp3) is 0.217. The van der Waals surface area contributed by atoms with Crippen molar-refractivity contribution in [3.05, 3.63) is 71.9 Å². The summed E-state index contributed by atoms with van der Waals surface area (Å²) in [6, 6.07) is 18.0. The molecule has 0 fully saturated rings. The van der Waals surface area contributed by atoms with Crippen LogP contribution in [0.25, 0.3) is 11.4 Å². The fourth-order valence-corrected chi connectivity index (χ4v) is 2.86. The highest BCUT2D eigenvalue weighted by atomic mass is 16.2. The number of Topliss-reactive ketones (excluding diaryl/α,β-unsaturated/α-hetero) is 1. The number of carbonyl (C=O) groups excluding carboxylic acids is 2. The zero-order valence-electron chi connectivity index (χ0n) is 17.3. The lowest BCUT2D eigenvalue weighted by atomic mass is 10.1. The lowest BCUT2D eigenvalue weighted by Gasteiger charge is -2.13. The molecule has 2 aromatic carbocycles. The molecule has 0 saturated heterocycles. The van der Waals surface area contributed by atoms with Crippen LogP contribution in [-0.2, 0) is 0 Å². The predicted molar refractivity (Wildman–Crippen MR) is 119 cm³/mol. The molecule has 0 aliphatic heterocycles. The first-order chi connectivity index (χ1) is 14.4. The molecule has 3 rings (SSSR count). The molecule has 0 atom stereocenters. The average Bonchev–Trinajstić information content (AvgIpc) is 2.74. The molecule has 0 radical (unpaired) electrons. The molecule has 2 N–H and O–H groups in total. The zero-order chi connectivity index (χ0) is 21.5. The van der Waals surface area contributed by atoms with E-state index in [1.807, 2.05) is 44.4 Å². The molecule has 7 heteroatoms. The van der Waals surface area contributed by atoms with Crippen molar-refractivity contribution in [3.8, 4) is 11.4 Å². The van der Waals surface area contributed by atoms with E-state index in [0.717, 1.165) is 12.1 Å². The number of anilines is 2. The molecule has 3 aromatic rings. The van der Waals surface area contributed by atoms with Gasteiger partial charge in [-0.2, -0.15) is 0 Å². The molecule has 7 nitrogen and oxygen atoms in total. The van der Waals surface area contributed by atoms with E-state index in [0.29, 0.717) is 29.4 Å². The zero-order valence-corrected chi connectivity index (χ0v) is 17.3. The Balaban J connectivity index is 1.92. The van der Waals surface area contributed by atoms with E-state index in [9.17, 15) is 9.59 Å². The molecule has 0 aliphatic rings. The van der Waals surface area contributed by atoms with E-state index in [-0.39, 0.29) is 11.5 Å². The minimum Gasteiger partial charge on any atom is -0.369 e. The van der Waals surface area contributed by atoms with Gasteiger partial charge in [0.25, 0.3) is 5.91 Å². The number of amides is 1. The Kier molecular flexibility index (Phi) is 6.87. The Labute approximate surface area is 176 Å². The lowest BCUT2D eigenvalue weighted by Crippen LogP contribution is -2.22. The molecule has 0 saturated carbocycles. The van der Waals surface area contributed by atoms with Gasteiger partial charge < -0.3 is 15.5 Å². The van der Waals surface area contributed by atoms with E-state index in [1.165, 1.54) is 6.92 Å². The van der Waals surface area contributed by atoms with Crippen LogP contribution in [-0.4, -0.2) is 53.7 Å². The molecule has 1 heterocycles. The van der Waals surface area contributed by atoms with Crippen molar-refractivity contribution in [1.29, 1.82) is 0 Å². The highest BCUT2D eigenvalue weighted by Crippen LogP contribution is 2.20. The number of hydrogen-bond donors (Lipinski definition) is 2. The molecule has 0 spiro atoms. The number of aromatic nitrogens is 2. The third-order valence-electron chi connectivity index (χ3n) is 4.41. The first kappa shape index (κ1) is 21.1.